The second-order valence-electron chi connectivity index (χ2n) is 6.27. The van der Waals surface area contributed by atoms with Crippen molar-refractivity contribution in [1.29, 1.82) is 0 Å². The van der Waals surface area contributed by atoms with Gasteiger partial charge in [-0.1, -0.05) is 27.7 Å². The van der Waals surface area contributed by atoms with Crippen molar-refractivity contribution in [2.24, 2.45) is 11.1 Å². The molecule has 1 aromatic heterocycles. The lowest BCUT2D eigenvalue weighted by atomic mass is 9.65. The summed E-state index contributed by atoms with van der Waals surface area (Å²) in [5.41, 5.74) is 9.40. The molecule has 1 aliphatic rings. The van der Waals surface area contributed by atoms with E-state index < -0.39 is 0 Å². The second-order valence-corrected chi connectivity index (χ2v) is 8.61. The summed E-state index contributed by atoms with van der Waals surface area (Å²) in [5.74, 6) is 0. The maximum absolute atomic E-state index is 5.87. The molecule has 90 valence electrons. The molecule has 0 saturated heterocycles. The molecule has 1 aliphatic carbocycles. The summed E-state index contributed by atoms with van der Waals surface area (Å²) in [5, 5.41) is 0. The maximum Gasteiger partial charge on any atom is 0.0749 e. The highest BCUT2D eigenvalue weighted by molar-refractivity contribution is 9.11. The first-order valence-electron chi connectivity index (χ1n) is 5.77. The lowest BCUT2D eigenvalue weighted by Crippen LogP contribution is -2.34. The monoisotopic (exact) mass is 301 g/mol. The Morgan fingerprint density at radius 2 is 1.94 bits per heavy atom. The topological polar surface area (TPSA) is 26.0 Å². The Balaban J connectivity index is 2.60. The van der Waals surface area contributed by atoms with Gasteiger partial charge in [0.1, 0.15) is 0 Å². The molecular formula is C13H20BrNS. The summed E-state index contributed by atoms with van der Waals surface area (Å²) in [7, 11) is 0. The van der Waals surface area contributed by atoms with Crippen molar-refractivity contribution in [2.45, 2.75) is 52.5 Å². The molecule has 0 fully saturated rings. The molecule has 2 N–H and O–H groups in total. The molecule has 0 spiro atoms. The van der Waals surface area contributed by atoms with E-state index in [1.54, 1.807) is 4.88 Å². The van der Waals surface area contributed by atoms with Crippen LogP contribution in [0.25, 0.3) is 0 Å². The van der Waals surface area contributed by atoms with E-state index in [-0.39, 0.29) is 5.41 Å². The van der Waals surface area contributed by atoms with Crippen molar-refractivity contribution in [3.8, 4) is 0 Å². The molecule has 0 saturated carbocycles. The van der Waals surface area contributed by atoms with Crippen LogP contribution in [0.15, 0.2) is 3.79 Å². The number of halogens is 1. The fourth-order valence-electron chi connectivity index (χ4n) is 3.22. The smallest absolute Gasteiger partial charge is 0.0749 e. The highest BCUT2D eigenvalue weighted by atomic mass is 79.9. The fraction of sp³-hybridized carbons (Fsp3) is 0.692. The van der Waals surface area contributed by atoms with Crippen molar-refractivity contribution in [2.75, 3.05) is 0 Å². The van der Waals surface area contributed by atoms with Gasteiger partial charge in [-0.05, 0) is 50.7 Å². The quantitative estimate of drug-likeness (QED) is 0.826. The van der Waals surface area contributed by atoms with Crippen LogP contribution in [0.2, 0.25) is 0 Å². The summed E-state index contributed by atoms with van der Waals surface area (Å²) in [4.78, 5) is 1.54. The van der Waals surface area contributed by atoms with Gasteiger partial charge in [0.25, 0.3) is 0 Å². The molecule has 0 bridgehead atoms. The highest BCUT2D eigenvalue weighted by Gasteiger charge is 2.40. The van der Waals surface area contributed by atoms with Crippen LogP contribution >= 0.6 is 27.3 Å². The first kappa shape index (κ1) is 12.6. The zero-order chi connectivity index (χ0) is 12.1. The van der Waals surface area contributed by atoms with E-state index in [1.807, 2.05) is 11.3 Å². The Labute approximate surface area is 111 Å². The van der Waals surface area contributed by atoms with Gasteiger partial charge in [0, 0.05) is 11.4 Å². The van der Waals surface area contributed by atoms with E-state index in [0.29, 0.717) is 12.0 Å². The predicted octanol–water partition coefficient (Wildman–Crippen LogP) is 4.22. The fourth-order valence-corrected chi connectivity index (χ4v) is 5.29. The van der Waals surface area contributed by atoms with Crippen LogP contribution < -0.4 is 5.73 Å². The van der Waals surface area contributed by atoms with Gasteiger partial charge in [-0.3, -0.25) is 0 Å². The van der Waals surface area contributed by atoms with Crippen LogP contribution in [0, 0.1) is 5.41 Å². The molecule has 0 atom stereocenters. The van der Waals surface area contributed by atoms with E-state index in [9.17, 15) is 0 Å². The molecule has 1 heterocycles. The molecule has 1 nitrogen and oxygen atoms in total. The standard InChI is InChI=1S/C13H20BrNS/c1-12(2)5-8-9(6-15)11(14)16-10(8)13(3,4)7-12/h5-7,15H2,1-4H3. The van der Waals surface area contributed by atoms with Gasteiger partial charge in [0.2, 0.25) is 0 Å². The number of thiophene rings is 1. The van der Waals surface area contributed by atoms with E-state index in [2.05, 4.69) is 43.6 Å². The van der Waals surface area contributed by atoms with Crippen molar-refractivity contribution in [3.05, 3.63) is 19.8 Å². The summed E-state index contributed by atoms with van der Waals surface area (Å²) in [6.45, 7) is 10.1. The van der Waals surface area contributed by atoms with Crippen LogP contribution in [0.4, 0.5) is 0 Å². The SMILES string of the molecule is CC1(C)Cc2c(sc(Br)c2CN)C(C)(C)C1. The first-order valence-corrected chi connectivity index (χ1v) is 7.38. The van der Waals surface area contributed by atoms with E-state index in [1.165, 1.54) is 27.8 Å². The molecule has 0 aliphatic heterocycles. The number of nitrogens with two attached hydrogens (primary N) is 1. The Hall–Kier alpha value is 0.140. The summed E-state index contributed by atoms with van der Waals surface area (Å²) < 4.78 is 1.24. The lowest BCUT2D eigenvalue weighted by molar-refractivity contribution is 0.235. The predicted molar refractivity (Wildman–Crippen MR) is 75.0 cm³/mol. The normalized spacial score (nSPS) is 21.9. The maximum atomic E-state index is 5.87. The van der Waals surface area contributed by atoms with E-state index in [4.69, 9.17) is 5.73 Å². The third-order valence-electron chi connectivity index (χ3n) is 3.46. The van der Waals surface area contributed by atoms with Gasteiger partial charge in [-0.15, -0.1) is 11.3 Å². The lowest BCUT2D eigenvalue weighted by Gasteiger charge is -2.40. The van der Waals surface area contributed by atoms with Gasteiger partial charge in [0.15, 0.2) is 0 Å². The molecular weight excluding hydrogens is 282 g/mol. The zero-order valence-corrected chi connectivity index (χ0v) is 12.9. The van der Waals surface area contributed by atoms with Gasteiger partial charge in [-0.2, -0.15) is 0 Å². The molecule has 0 radical (unpaired) electrons. The molecule has 16 heavy (non-hydrogen) atoms. The number of hydrogen-bond acceptors (Lipinski definition) is 2. The van der Waals surface area contributed by atoms with Crippen LogP contribution in [0.3, 0.4) is 0 Å². The summed E-state index contributed by atoms with van der Waals surface area (Å²) in [6, 6.07) is 0. The Morgan fingerprint density at radius 1 is 1.31 bits per heavy atom. The second kappa shape index (κ2) is 3.82. The summed E-state index contributed by atoms with van der Waals surface area (Å²) in [6.07, 6.45) is 2.42. The zero-order valence-electron chi connectivity index (χ0n) is 10.5. The summed E-state index contributed by atoms with van der Waals surface area (Å²) >= 11 is 5.55. The van der Waals surface area contributed by atoms with Crippen molar-refractivity contribution >= 4 is 27.3 Å². The minimum absolute atomic E-state index is 0.289. The molecule has 3 heteroatoms. The van der Waals surface area contributed by atoms with Gasteiger partial charge in [-0.25, -0.2) is 0 Å². The average Bonchev–Trinajstić information content (AvgIpc) is 2.39. The third kappa shape index (κ3) is 1.98. The van der Waals surface area contributed by atoms with Crippen molar-refractivity contribution < 1.29 is 0 Å². The largest absolute Gasteiger partial charge is 0.326 e. The number of fused-ring (bicyclic) bond motifs is 1. The average molecular weight is 302 g/mol. The molecule has 0 unspecified atom stereocenters. The van der Waals surface area contributed by atoms with Gasteiger partial charge in [0.05, 0.1) is 3.79 Å². The molecule has 1 aromatic rings. The van der Waals surface area contributed by atoms with E-state index in [0.717, 1.165) is 0 Å². The van der Waals surface area contributed by atoms with Gasteiger partial charge < -0.3 is 5.73 Å². The van der Waals surface area contributed by atoms with Crippen LogP contribution in [-0.4, -0.2) is 0 Å². The van der Waals surface area contributed by atoms with Crippen molar-refractivity contribution in [1.82, 2.24) is 0 Å². The number of rotatable bonds is 1. The Morgan fingerprint density at radius 3 is 2.50 bits per heavy atom. The third-order valence-corrected chi connectivity index (χ3v) is 5.85. The Bertz CT molecular complexity index is 418. The minimum Gasteiger partial charge on any atom is -0.326 e. The minimum atomic E-state index is 0.289. The molecule has 0 amide bonds. The highest BCUT2D eigenvalue weighted by Crippen LogP contribution is 2.51. The van der Waals surface area contributed by atoms with Crippen molar-refractivity contribution in [3.63, 3.8) is 0 Å². The first-order chi connectivity index (χ1) is 7.27. The molecule has 2 rings (SSSR count). The Kier molecular flexibility index (Phi) is 3.01. The molecule has 0 aromatic carbocycles. The number of hydrogen-bond donors (Lipinski definition) is 1. The van der Waals surface area contributed by atoms with Crippen LogP contribution in [-0.2, 0) is 18.4 Å². The van der Waals surface area contributed by atoms with E-state index >= 15 is 0 Å². The van der Waals surface area contributed by atoms with Crippen LogP contribution in [0.5, 0.6) is 0 Å². The van der Waals surface area contributed by atoms with Gasteiger partial charge >= 0.3 is 0 Å². The van der Waals surface area contributed by atoms with Crippen LogP contribution in [0.1, 0.15) is 50.1 Å².